The number of aromatic carboxylic acids is 1. The van der Waals surface area contributed by atoms with Crippen molar-refractivity contribution in [2.75, 3.05) is 0 Å². The first-order valence-corrected chi connectivity index (χ1v) is 6.47. The zero-order valence-electron chi connectivity index (χ0n) is 11.5. The van der Waals surface area contributed by atoms with Crippen molar-refractivity contribution >= 4 is 11.7 Å². The van der Waals surface area contributed by atoms with Crippen molar-refractivity contribution in [1.29, 1.82) is 0 Å². The normalized spacial score (nSPS) is 10.4. The van der Waals surface area contributed by atoms with Crippen LogP contribution in [0.4, 0.5) is 5.69 Å². The van der Waals surface area contributed by atoms with Crippen LogP contribution in [0.3, 0.4) is 0 Å². The molecule has 0 bridgehead atoms. The van der Waals surface area contributed by atoms with E-state index in [-0.39, 0.29) is 28.6 Å². The van der Waals surface area contributed by atoms with E-state index in [9.17, 15) is 14.9 Å². The van der Waals surface area contributed by atoms with Gasteiger partial charge in [-0.05, 0) is 30.3 Å². The standard InChI is InChI=1S/C15H9N3O5/c19-15(20)10-7-5-9(6-8-10)13-16-17-14(23-13)11-3-1-2-4-12(11)18(21)22/h1-8H,(H,19,20). The Kier molecular flexibility index (Phi) is 3.55. The van der Waals surface area contributed by atoms with Crippen LogP contribution in [0, 0.1) is 10.1 Å². The van der Waals surface area contributed by atoms with E-state index in [1.807, 2.05) is 0 Å². The van der Waals surface area contributed by atoms with E-state index >= 15 is 0 Å². The van der Waals surface area contributed by atoms with Crippen LogP contribution >= 0.6 is 0 Å². The van der Waals surface area contributed by atoms with Crippen LogP contribution in [-0.4, -0.2) is 26.2 Å². The number of carboxylic acids is 1. The molecule has 1 aromatic heterocycles. The lowest BCUT2D eigenvalue weighted by molar-refractivity contribution is -0.384. The van der Waals surface area contributed by atoms with Crippen LogP contribution in [0.1, 0.15) is 10.4 Å². The lowest BCUT2D eigenvalue weighted by Gasteiger charge is -1.98. The molecular weight excluding hydrogens is 302 g/mol. The summed E-state index contributed by atoms with van der Waals surface area (Å²) in [5, 5.41) is 27.6. The van der Waals surface area contributed by atoms with Crippen molar-refractivity contribution < 1.29 is 19.2 Å². The molecule has 0 saturated carbocycles. The second-order valence-corrected chi connectivity index (χ2v) is 4.57. The molecule has 1 heterocycles. The monoisotopic (exact) mass is 311 g/mol. The molecule has 0 radical (unpaired) electrons. The summed E-state index contributed by atoms with van der Waals surface area (Å²) < 4.78 is 5.47. The fraction of sp³-hybridized carbons (Fsp3) is 0. The second kappa shape index (κ2) is 5.68. The van der Waals surface area contributed by atoms with Crippen LogP contribution in [0.15, 0.2) is 52.9 Å². The van der Waals surface area contributed by atoms with Gasteiger partial charge in [-0.15, -0.1) is 10.2 Å². The molecule has 2 aromatic carbocycles. The highest BCUT2D eigenvalue weighted by atomic mass is 16.6. The van der Waals surface area contributed by atoms with Gasteiger partial charge in [0, 0.05) is 11.6 Å². The number of hydrogen-bond acceptors (Lipinski definition) is 6. The van der Waals surface area contributed by atoms with Gasteiger partial charge in [-0.25, -0.2) is 4.79 Å². The molecule has 8 nitrogen and oxygen atoms in total. The molecule has 3 rings (SSSR count). The molecule has 0 aliphatic carbocycles. The van der Waals surface area contributed by atoms with Gasteiger partial charge in [0.05, 0.1) is 10.5 Å². The third-order valence-electron chi connectivity index (χ3n) is 3.13. The Morgan fingerprint density at radius 2 is 1.70 bits per heavy atom. The maximum atomic E-state index is 11.0. The first-order valence-electron chi connectivity index (χ1n) is 6.47. The molecule has 1 N–H and O–H groups in total. The minimum Gasteiger partial charge on any atom is -0.478 e. The number of carbonyl (C=O) groups is 1. The van der Waals surface area contributed by atoms with E-state index in [0.29, 0.717) is 5.56 Å². The third kappa shape index (κ3) is 2.77. The van der Waals surface area contributed by atoms with E-state index < -0.39 is 10.9 Å². The average Bonchev–Trinajstić information content (AvgIpc) is 3.04. The zero-order chi connectivity index (χ0) is 16.4. The quantitative estimate of drug-likeness (QED) is 0.580. The van der Waals surface area contributed by atoms with Crippen molar-refractivity contribution in [3.63, 3.8) is 0 Å². The minimum atomic E-state index is -1.04. The number of rotatable bonds is 4. The number of para-hydroxylation sites is 1. The van der Waals surface area contributed by atoms with E-state index in [0.717, 1.165) is 0 Å². The topological polar surface area (TPSA) is 119 Å². The fourth-order valence-corrected chi connectivity index (χ4v) is 2.02. The predicted octanol–water partition coefficient (Wildman–Crippen LogP) is 3.01. The van der Waals surface area contributed by atoms with E-state index in [4.69, 9.17) is 9.52 Å². The predicted molar refractivity (Wildman–Crippen MR) is 78.8 cm³/mol. The Labute approximate surface area is 129 Å². The molecule has 3 aromatic rings. The lowest BCUT2D eigenvalue weighted by atomic mass is 10.1. The molecule has 8 heteroatoms. The van der Waals surface area contributed by atoms with Gasteiger partial charge in [-0.3, -0.25) is 10.1 Å². The summed E-state index contributed by atoms with van der Waals surface area (Å²) in [5.74, 6) is -0.868. The van der Waals surface area contributed by atoms with Gasteiger partial charge in [0.25, 0.3) is 11.6 Å². The number of carboxylic acid groups (broad SMARTS) is 1. The van der Waals surface area contributed by atoms with Crippen molar-refractivity contribution in [2.45, 2.75) is 0 Å². The van der Waals surface area contributed by atoms with Crippen LogP contribution < -0.4 is 0 Å². The molecule has 0 aliphatic rings. The number of nitro benzene ring substituents is 1. The van der Waals surface area contributed by atoms with Crippen LogP contribution in [0.5, 0.6) is 0 Å². The second-order valence-electron chi connectivity index (χ2n) is 4.57. The number of aromatic nitrogens is 2. The number of nitro groups is 1. The maximum Gasteiger partial charge on any atom is 0.335 e. The molecule has 0 saturated heterocycles. The Balaban J connectivity index is 1.98. The van der Waals surface area contributed by atoms with Crippen LogP contribution in [-0.2, 0) is 0 Å². The Hall–Kier alpha value is -3.55. The first-order chi connectivity index (χ1) is 11.1. The van der Waals surface area contributed by atoms with Crippen LogP contribution in [0.2, 0.25) is 0 Å². The van der Waals surface area contributed by atoms with Crippen molar-refractivity contribution in [2.24, 2.45) is 0 Å². The minimum absolute atomic E-state index is 0.0228. The summed E-state index contributed by atoms with van der Waals surface area (Å²) in [4.78, 5) is 21.3. The highest BCUT2D eigenvalue weighted by Gasteiger charge is 2.20. The number of benzene rings is 2. The Bertz CT molecular complexity index is 886. The molecule has 23 heavy (non-hydrogen) atoms. The van der Waals surface area contributed by atoms with Gasteiger partial charge < -0.3 is 9.52 Å². The molecular formula is C15H9N3O5. The summed E-state index contributed by atoms with van der Waals surface area (Å²) in [6.45, 7) is 0. The number of nitrogens with zero attached hydrogens (tertiary/aromatic N) is 3. The highest BCUT2D eigenvalue weighted by molar-refractivity contribution is 5.88. The summed E-state index contributed by atoms with van der Waals surface area (Å²) >= 11 is 0. The SMILES string of the molecule is O=C(O)c1ccc(-c2nnc(-c3ccccc3[N+](=O)[O-])o2)cc1. The Morgan fingerprint density at radius 3 is 2.35 bits per heavy atom. The van der Waals surface area contributed by atoms with Gasteiger partial charge in [0.1, 0.15) is 5.56 Å². The van der Waals surface area contributed by atoms with Gasteiger partial charge in [0.2, 0.25) is 5.89 Å². The maximum absolute atomic E-state index is 11.0. The lowest BCUT2D eigenvalue weighted by Crippen LogP contribution is -1.94. The van der Waals surface area contributed by atoms with E-state index in [1.165, 1.54) is 36.4 Å². The van der Waals surface area contributed by atoms with Crippen molar-refractivity contribution in [3.05, 3.63) is 64.2 Å². The summed E-state index contributed by atoms with van der Waals surface area (Å²) in [6, 6.07) is 11.9. The molecule has 0 atom stereocenters. The highest BCUT2D eigenvalue weighted by Crippen LogP contribution is 2.30. The largest absolute Gasteiger partial charge is 0.478 e. The van der Waals surface area contributed by atoms with Crippen LogP contribution in [0.25, 0.3) is 22.9 Å². The molecule has 0 amide bonds. The summed E-state index contributed by atoms with van der Waals surface area (Å²) in [5.41, 5.74) is 0.738. The fourth-order valence-electron chi connectivity index (χ4n) is 2.02. The third-order valence-corrected chi connectivity index (χ3v) is 3.13. The van der Waals surface area contributed by atoms with E-state index in [1.54, 1.807) is 12.1 Å². The number of hydrogen-bond donors (Lipinski definition) is 1. The van der Waals surface area contributed by atoms with Gasteiger partial charge in [-0.1, -0.05) is 12.1 Å². The molecule has 0 fully saturated rings. The van der Waals surface area contributed by atoms with Crippen molar-refractivity contribution in [1.82, 2.24) is 10.2 Å². The smallest absolute Gasteiger partial charge is 0.335 e. The molecule has 114 valence electrons. The van der Waals surface area contributed by atoms with Crippen molar-refractivity contribution in [3.8, 4) is 22.9 Å². The zero-order valence-corrected chi connectivity index (χ0v) is 11.5. The summed E-state index contributed by atoms with van der Waals surface area (Å²) in [6.07, 6.45) is 0. The first kappa shape index (κ1) is 14.4. The van der Waals surface area contributed by atoms with E-state index in [2.05, 4.69) is 10.2 Å². The van der Waals surface area contributed by atoms with Gasteiger partial charge in [-0.2, -0.15) is 0 Å². The van der Waals surface area contributed by atoms with Gasteiger partial charge >= 0.3 is 5.97 Å². The molecule has 0 spiro atoms. The average molecular weight is 311 g/mol. The summed E-state index contributed by atoms with van der Waals surface area (Å²) in [7, 11) is 0. The molecule has 0 unspecified atom stereocenters. The molecule has 0 aliphatic heterocycles. The van der Waals surface area contributed by atoms with Gasteiger partial charge in [0.15, 0.2) is 0 Å². The Morgan fingerprint density at radius 1 is 1.04 bits per heavy atom.